The number of rotatable bonds is 2. The Morgan fingerprint density at radius 3 is 2.92 bits per heavy atom. The van der Waals surface area contributed by atoms with Crippen LogP contribution in [0.25, 0.3) is 0 Å². The third-order valence-corrected chi connectivity index (χ3v) is 2.37. The highest BCUT2D eigenvalue weighted by Crippen LogP contribution is 2.18. The van der Waals surface area contributed by atoms with Crippen molar-refractivity contribution in [1.82, 2.24) is 4.90 Å². The zero-order chi connectivity index (χ0) is 8.97. The van der Waals surface area contributed by atoms with Crippen LogP contribution in [0.4, 0.5) is 4.79 Å². The van der Waals surface area contributed by atoms with Gasteiger partial charge >= 0.3 is 6.09 Å². The molecule has 0 aromatic carbocycles. The summed E-state index contributed by atoms with van der Waals surface area (Å²) in [6.45, 7) is 1.26. The lowest BCUT2D eigenvalue weighted by Crippen LogP contribution is -2.43. The van der Waals surface area contributed by atoms with E-state index in [0.717, 1.165) is 25.7 Å². The van der Waals surface area contributed by atoms with E-state index in [0.29, 0.717) is 13.1 Å². The van der Waals surface area contributed by atoms with Gasteiger partial charge in [0.25, 0.3) is 0 Å². The van der Waals surface area contributed by atoms with Gasteiger partial charge < -0.3 is 15.7 Å². The molecule has 0 radical (unpaired) electrons. The van der Waals surface area contributed by atoms with Crippen molar-refractivity contribution in [1.29, 1.82) is 0 Å². The molecule has 1 amide bonds. The first-order valence-corrected chi connectivity index (χ1v) is 4.45. The molecule has 1 fully saturated rings. The number of likely N-dealkylation sites (tertiary alicyclic amines) is 1. The smallest absolute Gasteiger partial charge is 0.407 e. The summed E-state index contributed by atoms with van der Waals surface area (Å²) in [5, 5.41) is 8.82. The Morgan fingerprint density at radius 1 is 1.58 bits per heavy atom. The molecular formula is C8H16N2O2. The fraction of sp³-hybridized carbons (Fsp3) is 0.875. The Morgan fingerprint density at radius 2 is 2.33 bits per heavy atom. The van der Waals surface area contributed by atoms with Crippen molar-refractivity contribution >= 4 is 6.09 Å². The molecule has 0 bridgehead atoms. The summed E-state index contributed by atoms with van der Waals surface area (Å²) in [5.74, 6) is 0. The normalized spacial score (nSPS) is 24.1. The SMILES string of the molecule is NCCC1CCCCN1C(=O)O. The Kier molecular flexibility index (Phi) is 3.34. The van der Waals surface area contributed by atoms with Gasteiger partial charge in [0.2, 0.25) is 0 Å². The molecule has 1 aliphatic rings. The molecule has 12 heavy (non-hydrogen) atoms. The summed E-state index contributed by atoms with van der Waals surface area (Å²) in [4.78, 5) is 12.2. The highest BCUT2D eigenvalue weighted by molar-refractivity contribution is 5.65. The first-order chi connectivity index (χ1) is 5.75. The molecule has 0 aromatic rings. The largest absolute Gasteiger partial charge is 0.465 e. The van der Waals surface area contributed by atoms with Crippen LogP contribution < -0.4 is 5.73 Å². The van der Waals surface area contributed by atoms with Crippen LogP contribution in [0.3, 0.4) is 0 Å². The second kappa shape index (κ2) is 4.30. The van der Waals surface area contributed by atoms with Gasteiger partial charge in [-0.15, -0.1) is 0 Å². The van der Waals surface area contributed by atoms with Crippen molar-refractivity contribution in [3.8, 4) is 0 Å². The maximum Gasteiger partial charge on any atom is 0.407 e. The summed E-state index contributed by atoms with van der Waals surface area (Å²) < 4.78 is 0. The number of amides is 1. The van der Waals surface area contributed by atoms with Gasteiger partial charge in [0.1, 0.15) is 0 Å². The lowest BCUT2D eigenvalue weighted by Gasteiger charge is -2.33. The van der Waals surface area contributed by atoms with Crippen molar-refractivity contribution in [2.24, 2.45) is 5.73 Å². The average molecular weight is 172 g/mol. The third kappa shape index (κ3) is 2.11. The molecule has 1 atom stereocenters. The minimum atomic E-state index is -0.798. The second-order valence-electron chi connectivity index (χ2n) is 3.20. The number of nitrogens with zero attached hydrogens (tertiary/aromatic N) is 1. The average Bonchev–Trinajstić information content (AvgIpc) is 2.05. The van der Waals surface area contributed by atoms with Crippen molar-refractivity contribution in [2.45, 2.75) is 31.7 Å². The maximum absolute atomic E-state index is 10.7. The Balaban J connectivity index is 2.48. The Hall–Kier alpha value is -0.770. The van der Waals surface area contributed by atoms with Crippen LogP contribution >= 0.6 is 0 Å². The van der Waals surface area contributed by atoms with Crippen LogP contribution in [-0.4, -0.2) is 35.2 Å². The minimum absolute atomic E-state index is 0.168. The Labute approximate surface area is 72.3 Å². The van der Waals surface area contributed by atoms with Gasteiger partial charge in [-0.05, 0) is 32.2 Å². The van der Waals surface area contributed by atoms with Crippen molar-refractivity contribution in [3.05, 3.63) is 0 Å². The van der Waals surface area contributed by atoms with Crippen LogP contribution in [0, 0.1) is 0 Å². The second-order valence-corrected chi connectivity index (χ2v) is 3.20. The monoisotopic (exact) mass is 172 g/mol. The summed E-state index contributed by atoms with van der Waals surface area (Å²) in [7, 11) is 0. The number of piperidine rings is 1. The van der Waals surface area contributed by atoms with E-state index >= 15 is 0 Å². The van der Waals surface area contributed by atoms with Gasteiger partial charge in [-0.25, -0.2) is 4.79 Å². The predicted octanol–water partition coefficient (Wildman–Crippen LogP) is 0.868. The molecule has 1 unspecified atom stereocenters. The van der Waals surface area contributed by atoms with E-state index in [1.54, 1.807) is 0 Å². The maximum atomic E-state index is 10.7. The molecule has 4 nitrogen and oxygen atoms in total. The van der Waals surface area contributed by atoms with Crippen LogP contribution in [0.1, 0.15) is 25.7 Å². The van der Waals surface area contributed by atoms with Gasteiger partial charge in [-0.2, -0.15) is 0 Å². The number of hydrogen-bond acceptors (Lipinski definition) is 2. The van der Waals surface area contributed by atoms with Crippen LogP contribution in [0.15, 0.2) is 0 Å². The summed E-state index contributed by atoms with van der Waals surface area (Å²) in [5.41, 5.74) is 5.40. The summed E-state index contributed by atoms with van der Waals surface area (Å²) >= 11 is 0. The quantitative estimate of drug-likeness (QED) is 0.649. The molecule has 0 aromatic heterocycles. The summed E-state index contributed by atoms with van der Waals surface area (Å²) in [6, 6.07) is 0.168. The fourth-order valence-corrected chi connectivity index (χ4v) is 1.74. The fourth-order valence-electron chi connectivity index (χ4n) is 1.74. The van der Waals surface area contributed by atoms with E-state index in [9.17, 15) is 4.79 Å². The van der Waals surface area contributed by atoms with E-state index in [1.807, 2.05) is 0 Å². The van der Waals surface area contributed by atoms with Crippen molar-refractivity contribution in [2.75, 3.05) is 13.1 Å². The molecular weight excluding hydrogens is 156 g/mol. The molecule has 0 aliphatic carbocycles. The number of carboxylic acid groups (broad SMARTS) is 1. The molecule has 4 heteroatoms. The molecule has 1 rings (SSSR count). The van der Waals surface area contributed by atoms with E-state index in [2.05, 4.69) is 0 Å². The van der Waals surface area contributed by atoms with Crippen molar-refractivity contribution < 1.29 is 9.90 Å². The minimum Gasteiger partial charge on any atom is -0.465 e. The van der Waals surface area contributed by atoms with Crippen molar-refractivity contribution in [3.63, 3.8) is 0 Å². The van der Waals surface area contributed by atoms with E-state index in [1.165, 1.54) is 4.90 Å². The number of nitrogens with two attached hydrogens (primary N) is 1. The van der Waals surface area contributed by atoms with Gasteiger partial charge in [0, 0.05) is 12.6 Å². The Bertz CT molecular complexity index is 159. The van der Waals surface area contributed by atoms with E-state index in [4.69, 9.17) is 10.8 Å². The molecule has 1 aliphatic heterocycles. The van der Waals surface area contributed by atoms with E-state index in [-0.39, 0.29) is 6.04 Å². The number of hydrogen-bond donors (Lipinski definition) is 2. The highest BCUT2D eigenvalue weighted by atomic mass is 16.4. The molecule has 1 saturated heterocycles. The zero-order valence-electron chi connectivity index (χ0n) is 7.20. The van der Waals surface area contributed by atoms with E-state index < -0.39 is 6.09 Å². The van der Waals surface area contributed by atoms with Crippen LogP contribution in [-0.2, 0) is 0 Å². The topological polar surface area (TPSA) is 66.6 Å². The van der Waals surface area contributed by atoms with Gasteiger partial charge in [0.05, 0.1) is 0 Å². The first kappa shape index (κ1) is 9.32. The lowest BCUT2D eigenvalue weighted by molar-refractivity contribution is 0.104. The van der Waals surface area contributed by atoms with Crippen LogP contribution in [0.5, 0.6) is 0 Å². The standard InChI is InChI=1S/C8H16N2O2/c9-5-4-7-3-1-2-6-10(7)8(11)12/h7H,1-6,9H2,(H,11,12). The predicted molar refractivity (Wildman–Crippen MR) is 46.0 cm³/mol. The first-order valence-electron chi connectivity index (χ1n) is 4.45. The highest BCUT2D eigenvalue weighted by Gasteiger charge is 2.25. The van der Waals surface area contributed by atoms with Crippen LogP contribution in [0.2, 0.25) is 0 Å². The molecule has 0 spiro atoms. The number of carbonyl (C=O) groups is 1. The molecule has 3 N–H and O–H groups in total. The summed E-state index contributed by atoms with van der Waals surface area (Å²) in [6.07, 6.45) is 3.10. The van der Waals surface area contributed by atoms with Gasteiger partial charge in [-0.3, -0.25) is 0 Å². The van der Waals surface area contributed by atoms with Gasteiger partial charge in [-0.1, -0.05) is 0 Å². The molecule has 1 heterocycles. The molecule has 0 saturated carbocycles. The third-order valence-electron chi connectivity index (χ3n) is 2.37. The molecule has 70 valence electrons. The zero-order valence-corrected chi connectivity index (χ0v) is 7.20. The lowest BCUT2D eigenvalue weighted by atomic mass is 10.0. The van der Waals surface area contributed by atoms with Gasteiger partial charge in [0.15, 0.2) is 0 Å².